The van der Waals surface area contributed by atoms with Crippen LogP contribution in [0.2, 0.25) is 5.02 Å². The topological polar surface area (TPSA) is 95.5 Å². The fourth-order valence-corrected chi connectivity index (χ4v) is 1.26. The quantitative estimate of drug-likeness (QED) is 0.738. The minimum absolute atomic E-state index is 0.0383. The molecule has 100 valence electrons. The van der Waals surface area contributed by atoms with Crippen LogP contribution < -0.4 is 10.6 Å². The van der Waals surface area contributed by atoms with Crippen LogP contribution in [0.5, 0.6) is 0 Å². The molecule has 3 amide bonds. The third-order valence-corrected chi connectivity index (χ3v) is 2.11. The van der Waals surface area contributed by atoms with Crippen LogP contribution in [0.4, 0.5) is 14.9 Å². The van der Waals surface area contributed by atoms with Gasteiger partial charge < -0.3 is 10.4 Å². The van der Waals surface area contributed by atoms with E-state index in [-0.39, 0.29) is 10.7 Å². The summed E-state index contributed by atoms with van der Waals surface area (Å²) in [4.78, 5) is 32.5. The Kier molecular flexibility index (Phi) is 5.01. The number of carbonyl (C=O) groups excluding carboxylic acids is 2. The molecule has 6 nitrogen and oxygen atoms in total. The number of nitrogens with one attached hydrogen (secondary N) is 2. The molecule has 19 heavy (non-hydrogen) atoms. The average Bonchev–Trinajstić information content (AvgIpc) is 2.30. The lowest BCUT2D eigenvalue weighted by Gasteiger charge is -2.06. The van der Waals surface area contributed by atoms with Gasteiger partial charge >= 0.3 is 12.0 Å². The van der Waals surface area contributed by atoms with Crippen molar-refractivity contribution in [2.24, 2.45) is 0 Å². The minimum Gasteiger partial charge on any atom is -0.478 e. The van der Waals surface area contributed by atoms with Gasteiger partial charge in [0.1, 0.15) is 5.82 Å². The molecular weight excluding hydrogens is 279 g/mol. The molecule has 0 aliphatic carbocycles. The van der Waals surface area contributed by atoms with Gasteiger partial charge in [-0.1, -0.05) is 11.6 Å². The van der Waals surface area contributed by atoms with Crippen LogP contribution in [0.25, 0.3) is 0 Å². The minimum atomic E-state index is -1.32. The molecule has 0 bridgehead atoms. The number of carbonyl (C=O) groups is 3. The molecule has 3 N–H and O–H groups in total. The van der Waals surface area contributed by atoms with Crippen molar-refractivity contribution < 1.29 is 23.9 Å². The van der Waals surface area contributed by atoms with Crippen molar-refractivity contribution in [3.05, 3.63) is 41.2 Å². The summed E-state index contributed by atoms with van der Waals surface area (Å²) in [5.74, 6) is -2.81. The normalized spacial score (nSPS) is 10.2. The second kappa shape index (κ2) is 6.50. The van der Waals surface area contributed by atoms with Crippen LogP contribution in [0, 0.1) is 5.82 Å². The van der Waals surface area contributed by atoms with E-state index in [1.54, 1.807) is 0 Å². The van der Waals surface area contributed by atoms with Gasteiger partial charge in [-0.3, -0.25) is 10.1 Å². The zero-order valence-corrected chi connectivity index (χ0v) is 10.1. The molecule has 0 atom stereocenters. The highest BCUT2D eigenvalue weighted by Gasteiger charge is 2.08. The number of halogens is 2. The summed E-state index contributed by atoms with van der Waals surface area (Å²) in [6.45, 7) is 0. The SMILES string of the molecule is O=C(O)/C=C/C(=O)NC(=O)Nc1ccc(F)cc1Cl. The predicted octanol–water partition coefficient (Wildman–Crippen LogP) is 1.77. The number of carboxylic acid groups (broad SMARTS) is 1. The van der Waals surface area contributed by atoms with E-state index in [1.165, 1.54) is 6.07 Å². The average molecular weight is 287 g/mol. The van der Waals surface area contributed by atoms with E-state index in [0.717, 1.165) is 12.1 Å². The van der Waals surface area contributed by atoms with Gasteiger partial charge in [-0.05, 0) is 18.2 Å². The lowest BCUT2D eigenvalue weighted by Crippen LogP contribution is -2.33. The van der Waals surface area contributed by atoms with Crippen LogP contribution in [-0.4, -0.2) is 23.0 Å². The van der Waals surface area contributed by atoms with Crippen LogP contribution in [0.1, 0.15) is 0 Å². The van der Waals surface area contributed by atoms with Crippen molar-refractivity contribution in [2.45, 2.75) is 0 Å². The standard InChI is InChI=1S/C11H8ClFN2O4/c12-7-5-6(13)1-2-8(7)14-11(19)15-9(16)3-4-10(17)18/h1-5H,(H,17,18)(H2,14,15,16,19)/b4-3+. The Morgan fingerprint density at radius 1 is 1.26 bits per heavy atom. The van der Waals surface area contributed by atoms with Crippen molar-refractivity contribution in [3.63, 3.8) is 0 Å². The summed E-state index contributed by atoms with van der Waals surface area (Å²) in [5.41, 5.74) is 0.107. The second-order valence-corrected chi connectivity index (χ2v) is 3.65. The Bertz CT molecular complexity index is 560. The van der Waals surface area contributed by atoms with Crippen molar-refractivity contribution in [1.29, 1.82) is 0 Å². The number of hydrogen-bond donors (Lipinski definition) is 3. The van der Waals surface area contributed by atoms with Gasteiger partial charge in [0.2, 0.25) is 0 Å². The van der Waals surface area contributed by atoms with E-state index >= 15 is 0 Å². The maximum Gasteiger partial charge on any atom is 0.328 e. The Labute approximate surface area is 111 Å². The van der Waals surface area contributed by atoms with Crippen molar-refractivity contribution in [3.8, 4) is 0 Å². The molecule has 0 heterocycles. The predicted molar refractivity (Wildman–Crippen MR) is 65.3 cm³/mol. The smallest absolute Gasteiger partial charge is 0.328 e. The van der Waals surface area contributed by atoms with Gasteiger partial charge in [0.15, 0.2) is 0 Å². The van der Waals surface area contributed by atoms with Crippen molar-refractivity contribution in [2.75, 3.05) is 5.32 Å². The summed E-state index contributed by atoms with van der Waals surface area (Å²) < 4.78 is 12.7. The van der Waals surface area contributed by atoms with Crippen LogP contribution in [0.15, 0.2) is 30.4 Å². The molecule has 0 aliphatic rings. The first-order chi connectivity index (χ1) is 8.88. The highest BCUT2D eigenvalue weighted by Crippen LogP contribution is 2.22. The van der Waals surface area contributed by atoms with Gasteiger partial charge in [-0.15, -0.1) is 0 Å². The molecule has 0 unspecified atom stereocenters. The zero-order chi connectivity index (χ0) is 14.4. The summed E-state index contributed by atoms with van der Waals surface area (Å²) in [6, 6.07) is 2.36. The Morgan fingerprint density at radius 3 is 2.53 bits per heavy atom. The third kappa shape index (κ3) is 5.17. The number of hydrogen-bond acceptors (Lipinski definition) is 3. The lowest BCUT2D eigenvalue weighted by molar-refractivity contribution is -0.131. The highest BCUT2D eigenvalue weighted by molar-refractivity contribution is 6.33. The van der Waals surface area contributed by atoms with Crippen LogP contribution >= 0.6 is 11.6 Å². The third-order valence-electron chi connectivity index (χ3n) is 1.79. The fourth-order valence-electron chi connectivity index (χ4n) is 1.04. The van der Waals surface area contributed by atoms with E-state index < -0.39 is 23.7 Å². The first-order valence-electron chi connectivity index (χ1n) is 4.86. The number of imide groups is 1. The van der Waals surface area contributed by atoms with Gasteiger partial charge in [0, 0.05) is 12.2 Å². The van der Waals surface area contributed by atoms with Gasteiger partial charge in [0.05, 0.1) is 10.7 Å². The highest BCUT2D eigenvalue weighted by atomic mass is 35.5. The van der Waals surface area contributed by atoms with E-state index in [4.69, 9.17) is 16.7 Å². The van der Waals surface area contributed by atoms with Crippen molar-refractivity contribution in [1.82, 2.24) is 5.32 Å². The Hall–Kier alpha value is -2.41. The molecule has 0 fully saturated rings. The fraction of sp³-hybridized carbons (Fsp3) is 0. The van der Waals surface area contributed by atoms with E-state index in [9.17, 15) is 18.8 Å². The Balaban J connectivity index is 2.60. The molecule has 1 aromatic rings. The van der Waals surface area contributed by atoms with E-state index in [2.05, 4.69) is 5.32 Å². The molecule has 0 spiro atoms. The molecule has 0 aliphatic heterocycles. The van der Waals surface area contributed by atoms with Crippen molar-refractivity contribution >= 4 is 35.2 Å². The van der Waals surface area contributed by atoms with E-state index in [0.29, 0.717) is 12.2 Å². The molecule has 0 radical (unpaired) electrons. The largest absolute Gasteiger partial charge is 0.478 e. The number of rotatable bonds is 3. The van der Waals surface area contributed by atoms with Gasteiger partial charge in [-0.25, -0.2) is 14.0 Å². The molecule has 1 aromatic carbocycles. The number of amides is 3. The zero-order valence-electron chi connectivity index (χ0n) is 9.31. The molecule has 0 saturated carbocycles. The number of anilines is 1. The molecule has 1 rings (SSSR count). The summed E-state index contributed by atoms with van der Waals surface area (Å²) in [5, 5.41) is 12.3. The maximum atomic E-state index is 12.7. The monoisotopic (exact) mass is 286 g/mol. The summed E-state index contributed by atoms with van der Waals surface area (Å²) in [7, 11) is 0. The molecular formula is C11H8ClFN2O4. The first kappa shape index (κ1) is 14.7. The molecule has 8 heteroatoms. The van der Waals surface area contributed by atoms with Crippen LogP contribution in [0.3, 0.4) is 0 Å². The number of aliphatic carboxylic acids is 1. The maximum absolute atomic E-state index is 12.7. The lowest BCUT2D eigenvalue weighted by atomic mass is 10.3. The van der Waals surface area contributed by atoms with Crippen LogP contribution in [-0.2, 0) is 9.59 Å². The molecule has 0 saturated heterocycles. The number of benzene rings is 1. The number of urea groups is 1. The number of carboxylic acids is 1. The summed E-state index contributed by atoms with van der Waals surface area (Å²) in [6.07, 6.45) is 1.25. The molecule has 0 aromatic heterocycles. The Morgan fingerprint density at radius 2 is 1.95 bits per heavy atom. The second-order valence-electron chi connectivity index (χ2n) is 3.24. The van der Waals surface area contributed by atoms with Gasteiger partial charge in [0.25, 0.3) is 5.91 Å². The summed E-state index contributed by atoms with van der Waals surface area (Å²) >= 11 is 5.65. The van der Waals surface area contributed by atoms with Gasteiger partial charge in [-0.2, -0.15) is 0 Å². The van der Waals surface area contributed by atoms with E-state index in [1.807, 2.05) is 5.32 Å². The first-order valence-corrected chi connectivity index (χ1v) is 5.24.